The predicted molar refractivity (Wildman–Crippen MR) is 118 cm³/mol. The van der Waals surface area contributed by atoms with Crippen molar-refractivity contribution in [1.82, 2.24) is 5.32 Å². The van der Waals surface area contributed by atoms with Gasteiger partial charge in [-0.05, 0) is 43.0 Å². The highest BCUT2D eigenvalue weighted by molar-refractivity contribution is 6.01. The molecule has 29 heavy (non-hydrogen) atoms. The molecule has 1 saturated carbocycles. The molecular formula is C24H31N3O2. The van der Waals surface area contributed by atoms with Crippen molar-refractivity contribution in [2.45, 2.75) is 44.9 Å². The molecule has 1 aliphatic rings. The third-order valence-corrected chi connectivity index (χ3v) is 5.47. The lowest BCUT2D eigenvalue weighted by molar-refractivity contribution is -0.121. The first-order valence-electron chi connectivity index (χ1n) is 10.7. The predicted octanol–water partition coefficient (Wildman–Crippen LogP) is 5.20. The minimum absolute atomic E-state index is 0.122. The van der Waals surface area contributed by atoms with E-state index in [-0.39, 0.29) is 11.9 Å². The Bertz CT molecular complexity index is 758. The second kappa shape index (κ2) is 11.2. The number of carbonyl (C=O) groups is 2. The number of para-hydroxylation sites is 2. The van der Waals surface area contributed by atoms with Crippen LogP contribution in [0.3, 0.4) is 0 Å². The molecule has 154 valence electrons. The van der Waals surface area contributed by atoms with Crippen molar-refractivity contribution < 1.29 is 9.59 Å². The molecule has 2 aromatic carbocycles. The summed E-state index contributed by atoms with van der Waals surface area (Å²) in [5, 5.41) is 5.95. The van der Waals surface area contributed by atoms with E-state index in [9.17, 15) is 9.59 Å². The summed E-state index contributed by atoms with van der Waals surface area (Å²) in [5.41, 5.74) is 1.60. The summed E-state index contributed by atoms with van der Waals surface area (Å²) in [5.74, 6) is 0.855. The van der Waals surface area contributed by atoms with E-state index in [4.69, 9.17) is 0 Å². The van der Waals surface area contributed by atoms with Crippen LogP contribution in [0.1, 0.15) is 44.9 Å². The average Bonchev–Trinajstić information content (AvgIpc) is 3.27. The van der Waals surface area contributed by atoms with Crippen LogP contribution in [0.2, 0.25) is 0 Å². The molecule has 3 amide bonds. The summed E-state index contributed by atoms with van der Waals surface area (Å²) in [6, 6.07) is 18.9. The van der Waals surface area contributed by atoms with E-state index < -0.39 is 0 Å². The lowest BCUT2D eigenvalue weighted by atomic mass is 10.0. The average molecular weight is 394 g/mol. The lowest BCUT2D eigenvalue weighted by Gasteiger charge is -2.23. The smallest absolute Gasteiger partial charge is 0.326 e. The zero-order valence-electron chi connectivity index (χ0n) is 17.0. The van der Waals surface area contributed by atoms with Crippen LogP contribution < -0.4 is 15.5 Å². The maximum atomic E-state index is 12.8. The van der Waals surface area contributed by atoms with Crippen molar-refractivity contribution in [2.24, 2.45) is 5.92 Å². The molecule has 0 aromatic heterocycles. The van der Waals surface area contributed by atoms with Crippen molar-refractivity contribution >= 4 is 23.3 Å². The van der Waals surface area contributed by atoms with Crippen LogP contribution in [0.4, 0.5) is 16.2 Å². The fourth-order valence-corrected chi connectivity index (χ4v) is 3.86. The number of nitrogens with zero attached hydrogens (tertiary/aromatic N) is 1. The highest BCUT2D eigenvalue weighted by Crippen LogP contribution is 2.28. The summed E-state index contributed by atoms with van der Waals surface area (Å²) in [6.07, 6.45) is 7.49. The minimum Gasteiger partial charge on any atom is -0.356 e. The zero-order chi connectivity index (χ0) is 20.3. The first kappa shape index (κ1) is 20.9. The van der Waals surface area contributed by atoms with Crippen molar-refractivity contribution in [3.05, 3.63) is 60.7 Å². The van der Waals surface area contributed by atoms with Crippen LogP contribution in [-0.4, -0.2) is 25.0 Å². The number of amides is 3. The molecular weight excluding hydrogens is 362 g/mol. The van der Waals surface area contributed by atoms with Gasteiger partial charge in [-0.2, -0.15) is 0 Å². The van der Waals surface area contributed by atoms with Crippen molar-refractivity contribution in [2.75, 3.05) is 23.3 Å². The van der Waals surface area contributed by atoms with Gasteiger partial charge in [-0.15, -0.1) is 0 Å². The molecule has 2 N–H and O–H groups in total. The second-order valence-corrected chi connectivity index (χ2v) is 7.68. The molecule has 5 heteroatoms. The molecule has 5 nitrogen and oxygen atoms in total. The Labute approximate surface area is 173 Å². The van der Waals surface area contributed by atoms with E-state index in [1.807, 2.05) is 60.7 Å². The molecule has 0 spiro atoms. The van der Waals surface area contributed by atoms with Crippen LogP contribution >= 0.6 is 0 Å². The van der Waals surface area contributed by atoms with Crippen molar-refractivity contribution in [1.29, 1.82) is 0 Å². The van der Waals surface area contributed by atoms with Gasteiger partial charge in [0.05, 0.1) is 0 Å². The quantitative estimate of drug-likeness (QED) is 0.575. The molecule has 0 atom stereocenters. The normalized spacial score (nSPS) is 13.8. The first-order chi connectivity index (χ1) is 14.2. The molecule has 0 radical (unpaired) electrons. The number of anilines is 2. The largest absolute Gasteiger partial charge is 0.356 e. The van der Waals surface area contributed by atoms with Crippen molar-refractivity contribution in [3.8, 4) is 0 Å². The van der Waals surface area contributed by atoms with Gasteiger partial charge in [-0.25, -0.2) is 4.79 Å². The summed E-state index contributed by atoms with van der Waals surface area (Å²) in [4.78, 5) is 26.6. The molecule has 0 unspecified atom stereocenters. The van der Waals surface area contributed by atoms with Crippen LogP contribution in [0.25, 0.3) is 0 Å². The third-order valence-electron chi connectivity index (χ3n) is 5.47. The number of hydrogen-bond acceptors (Lipinski definition) is 2. The standard InChI is InChI=1S/C24H31N3O2/c28-23(17-16-20-10-7-8-11-20)25-18-9-19-27(22-14-5-2-6-15-22)24(29)26-21-12-3-1-4-13-21/h1-6,12-15,20H,7-11,16-19H2,(H,25,28)(H,26,29). The summed E-state index contributed by atoms with van der Waals surface area (Å²) in [7, 11) is 0. The number of hydrogen-bond donors (Lipinski definition) is 2. The van der Waals surface area contributed by atoms with Gasteiger partial charge in [0.15, 0.2) is 0 Å². The zero-order valence-corrected chi connectivity index (χ0v) is 17.0. The van der Waals surface area contributed by atoms with E-state index in [1.54, 1.807) is 4.90 Å². The molecule has 2 aromatic rings. The maximum absolute atomic E-state index is 12.8. The van der Waals surface area contributed by atoms with Gasteiger partial charge in [0.1, 0.15) is 0 Å². The molecule has 3 rings (SSSR count). The van der Waals surface area contributed by atoms with Crippen LogP contribution in [0.5, 0.6) is 0 Å². The minimum atomic E-state index is -0.171. The Hall–Kier alpha value is -2.82. The van der Waals surface area contributed by atoms with E-state index in [0.29, 0.717) is 25.9 Å². The van der Waals surface area contributed by atoms with E-state index in [1.165, 1.54) is 25.7 Å². The molecule has 1 fully saturated rings. The number of carbonyl (C=O) groups excluding carboxylic acids is 2. The lowest BCUT2D eigenvalue weighted by Crippen LogP contribution is -2.37. The topological polar surface area (TPSA) is 61.4 Å². The van der Waals surface area contributed by atoms with E-state index >= 15 is 0 Å². The fraction of sp³-hybridized carbons (Fsp3) is 0.417. The van der Waals surface area contributed by atoms with Gasteiger partial charge in [0.25, 0.3) is 0 Å². The molecule has 0 saturated heterocycles. The second-order valence-electron chi connectivity index (χ2n) is 7.68. The van der Waals surface area contributed by atoms with Crippen LogP contribution in [-0.2, 0) is 4.79 Å². The van der Waals surface area contributed by atoms with Crippen LogP contribution in [0, 0.1) is 5.92 Å². The molecule has 1 aliphatic carbocycles. The molecule has 0 heterocycles. The van der Waals surface area contributed by atoms with Gasteiger partial charge in [0, 0.05) is 30.9 Å². The summed E-state index contributed by atoms with van der Waals surface area (Å²) < 4.78 is 0. The van der Waals surface area contributed by atoms with Crippen LogP contribution in [0.15, 0.2) is 60.7 Å². The SMILES string of the molecule is O=C(CCC1CCCC1)NCCCN(C(=O)Nc1ccccc1)c1ccccc1. The Balaban J connectivity index is 1.47. The number of benzene rings is 2. The number of nitrogens with one attached hydrogen (secondary N) is 2. The van der Waals surface area contributed by atoms with Gasteiger partial charge >= 0.3 is 6.03 Å². The summed E-state index contributed by atoms with van der Waals surface area (Å²) >= 11 is 0. The monoisotopic (exact) mass is 393 g/mol. The fourth-order valence-electron chi connectivity index (χ4n) is 3.86. The van der Waals surface area contributed by atoms with Gasteiger partial charge in [-0.1, -0.05) is 62.1 Å². The Morgan fingerprint density at radius 2 is 1.59 bits per heavy atom. The molecule has 0 aliphatic heterocycles. The highest BCUT2D eigenvalue weighted by Gasteiger charge is 2.17. The number of rotatable bonds is 9. The number of urea groups is 1. The Morgan fingerprint density at radius 1 is 0.931 bits per heavy atom. The Morgan fingerprint density at radius 3 is 2.28 bits per heavy atom. The van der Waals surface area contributed by atoms with E-state index in [0.717, 1.165) is 23.7 Å². The van der Waals surface area contributed by atoms with Gasteiger partial charge < -0.3 is 10.6 Å². The Kier molecular flexibility index (Phi) is 8.11. The highest BCUT2D eigenvalue weighted by atomic mass is 16.2. The summed E-state index contributed by atoms with van der Waals surface area (Å²) in [6.45, 7) is 1.11. The van der Waals surface area contributed by atoms with Gasteiger partial charge in [-0.3, -0.25) is 9.69 Å². The van der Waals surface area contributed by atoms with Gasteiger partial charge in [0.2, 0.25) is 5.91 Å². The third kappa shape index (κ3) is 6.93. The van der Waals surface area contributed by atoms with Crippen molar-refractivity contribution in [3.63, 3.8) is 0 Å². The molecule has 0 bridgehead atoms. The van der Waals surface area contributed by atoms with E-state index in [2.05, 4.69) is 10.6 Å². The maximum Gasteiger partial charge on any atom is 0.326 e. The first-order valence-corrected chi connectivity index (χ1v) is 10.7.